The molecule has 2 atom stereocenters. The molecule has 0 aliphatic heterocycles. The molecule has 3 nitrogen and oxygen atoms in total. The summed E-state index contributed by atoms with van der Waals surface area (Å²) >= 11 is 0. The number of furan rings is 1. The van der Waals surface area contributed by atoms with Crippen LogP contribution in [0.1, 0.15) is 24.4 Å². The summed E-state index contributed by atoms with van der Waals surface area (Å²) in [5, 5.41) is 0. The molecular weight excluding hydrogens is 214 g/mol. The Bertz CT molecular complexity index is 463. The van der Waals surface area contributed by atoms with Gasteiger partial charge in [-0.15, -0.1) is 0 Å². The molecule has 2 unspecified atom stereocenters. The first-order valence-electron chi connectivity index (χ1n) is 5.69. The molecule has 0 saturated heterocycles. The van der Waals surface area contributed by atoms with Crippen LogP contribution in [-0.4, -0.2) is 6.04 Å². The molecule has 0 fully saturated rings. The number of benzene rings is 1. The average molecular weight is 231 g/mol. The van der Waals surface area contributed by atoms with Gasteiger partial charge >= 0.3 is 0 Å². The third-order valence-electron chi connectivity index (χ3n) is 2.55. The summed E-state index contributed by atoms with van der Waals surface area (Å²) in [7, 11) is 0. The molecular formula is C14H17NO2. The standard InChI is InChI=1S/C14H17NO2/c1-10-5-3-6-12(9-10)17-14(11(2)15)13-7-4-8-16-13/h3-9,11,14H,15H2,1-2H3. The van der Waals surface area contributed by atoms with Gasteiger partial charge in [0.15, 0.2) is 6.10 Å². The highest BCUT2D eigenvalue weighted by Crippen LogP contribution is 2.25. The fraction of sp³-hybridized carbons (Fsp3) is 0.286. The Hall–Kier alpha value is -1.74. The van der Waals surface area contributed by atoms with Crippen LogP contribution in [0.25, 0.3) is 0 Å². The first-order valence-corrected chi connectivity index (χ1v) is 5.69. The number of rotatable bonds is 4. The lowest BCUT2D eigenvalue weighted by molar-refractivity contribution is 0.153. The van der Waals surface area contributed by atoms with Crippen LogP contribution in [0.2, 0.25) is 0 Å². The highest BCUT2D eigenvalue weighted by Gasteiger charge is 2.20. The second-order valence-electron chi connectivity index (χ2n) is 4.23. The van der Waals surface area contributed by atoms with Crippen molar-refractivity contribution in [1.29, 1.82) is 0 Å². The molecule has 0 spiro atoms. The predicted molar refractivity (Wildman–Crippen MR) is 66.9 cm³/mol. The summed E-state index contributed by atoms with van der Waals surface area (Å²) in [5.74, 6) is 1.56. The molecule has 0 radical (unpaired) electrons. The Kier molecular flexibility index (Phi) is 3.49. The molecule has 0 aliphatic rings. The van der Waals surface area contributed by atoms with Crippen LogP contribution in [-0.2, 0) is 0 Å². The van der Waals surface area contributed by atoms with Crippen molar-refractivity contribution in [2.75, 3.05) is 0 Å². The van der Waals surface area contributed by atoms with Crippen LogP contribution in [0, 0.1) is 6.92 Å². The van der Waals surface area contributed by atoms with Gasteiger partial charge in [-0.3, -0.25) is 0 Å². The maximum Gasteiger partial charge on any atom is 0.171 e. The van der Waals surface area contributed by atoms with Crippen LogP contribution >= 0.6 is 0 Å². The van der Waals surface area contributed by atoms with Gasteiger partial charge in [-0.25, -0.2) is 0 Å². The lowest BCUT2D eigenvalue weighted by atomic mass is 10.1. The molecule has 90 valence electrons. The van der Waals surface area contributed by atoms with E-state index in [0.29, 0.717) is 0 Å². The molecule has 2 rings (SSSR count). The highest BCUT2D eigenvalue weighted by molar-refractivity contribution is 5.28. The minimum Gasteiger partial charge on any atom is -0.481 e. The second-order valence-corrected chi connectivity index (χ2v) is 4.23. The maximum atomic E-state index is 5.93. The second kappa shape index (κ2) is 5.06. The molecule has 0 amide bonds. The summed E-state index contributed by atoms with van der Waals surface area (Å²) in [6, 6.07) is 11.5. The Morgan fingerprint density at radius 2 is 2.06 bits per heavy atom. The molecule has 0 bridgehead atoms. The molecule has 1 heterocycles. The van der Waals surface area contributed by atoms with E-state index in [1.165, 1.54) is 0 Å². The van der Waals surface area contributed by atoms with E-state index in [1.807, 2.05) is 50.2 Å². The van der Waals surface area contributed by atoms with Crippen molar-refractivity contribution in [2.24, 2.45) is 5.73 Å². The fourth-order valence-electron chi connectivity index (χ4n) is 1.71. The van der Waals surface area contributed by atoms with Crippen LogP contribution in [0.15, 0.2) is 47.1 Å². The Morgan fingerprint density at radius 1 is 1.24 bits per heavy atom. The topological polar surface area (TPSA) is 48.4 Å². The van der Waals surface area contributed by atoms with E-state index >= 15 is 0 Å². The van der Waals surface area contributed by atoms with Gasteiger partial charge in [-0.1, -0.05) is 12.1 Å². The van der Waals surface area contributed by atoms with Crippen LogP contribution in [0.4, 0.5) is 0 Å². The summed E-state index contributed by atoms with van der Waals surface area (Å²) in [4.78, 5) is 0. The van der Waals surface area contributed by atoms with Gasteiger partial charge in [0.25, 0.3) is 0 Å². The fourth-order valence-corrected chi connectivity index (χ4v) is 1.71. The van der Waals surface area contributed by atoms with Gasteiger partial charge < -0.3 is 14.9 Å². The van der Waals surface area contributed by atoms with Gasteiger partial charge in [0.2, 0.25) is 0 Å². The van der Waals surface area contributed by atoms with Gasteiger partial charge in [0, 0.05) is 6.04 Å². The van der Waals surface area contributed by atoms with E-state index in [2.05, 4.69) is 0 Å². The van der Waals surface area contributed by atoms with Gasteiger partial charge in [-0.05, 0) is 43.7 Å². The molecule has 3 heteroatoms. The molecule has 17 heavy (non-hydrogen) atoms. The van der Waals surface area contributed by atoms with E-state index in [9.17, 15) is 0 Å². The van der Waals surface area contributed by atoms with Crippen molar-refractivity contribution < 1.29 is 9.15 Å². The third-order valence-corrected chi connectivity index (χ3v) is 2.55. The predicted octanol–water partition coefficient (Wildman–Crippen LogP) is 3.06. The number of hydrogen-bond acceptors (Lipinski definition) is 3. The van der Waals surface area contributed by atoms with Gasteiger partial charge in [0.1, 0.15) is 11.5 Å². The smallest absolute Gasteiger partial charge is 0.171 e. The molecule has 2 N–H and O–H groups in total. The summed E-state index contributed by atoms with van der Waals surface area (Å²) < 4.78 is 11.2. The van der Waals surface area contributed by atoms with Crippen molar-refractivity contribution in [2.45, 2.75) is 26.0 Å². The lowest BCUT2D eigenvalue weighted by Crippen LogP contribution is -2.28. The number of ether oxygens (including phenoxy) is 1. The van der Waals surface area contributed by atoms with E-state index in [0.717, 1.165) is 17.1 Å². The van der Waals surface area contributed by atoms with Crippen molar-refractivity contribution in [3.8, 4) is 5.75 Å². The van der Waals surface area contributed by atoms with E-state index < -0.39 is 0 Å². The monoisotopic (exact) mass is 231 g/mol. The average Bonchev–Trinajstić information content (AvgIpc) is 2.78. The largest absolute Gasteiger partial charge is 0.481 e. The summed E-state index contributed by atoms with van der Waals surface area (Å²) in [5.41, 5.74) is 7.09. The van der Waals surface area contributed by atoms with Gasteiger partial charge in [-0.2, -0.15) is 0 Å². The van der Waals surface area contributed by atoms with Gasteiger partial charge in [0.05, 0.1) is 6.26 Å². The first-order chi connectivity index (χ1) is 8.16. The Morgan fingerprint density at radius 3 is 2.65 bits per heavy atom. The lowest BCUT2D eigenvalue weighted by Gasteiger charge is -2.20. The normalized spacial score (nSPS) is 14.3. The van der Waals surface area contributed by atoms with E-state index in [4.69, 9.17) is 14.9 Å². The SMILES string of the molecule is Cc1cccc(OC(c2ccco2)C(C)N)c1. The molecule has 1 aromatic carbocycles. The van der Waals surface area contributed by atoms with Crippen molar-refractivity contribution in [1.82, 2.24) is 0 Å². The third kappa shape index (κ3) is 2.88. The highest BCUT2D eigenvalue weighted by atomic mass is 16.5. The summed E-state index contributed by atoms with van der Waals surface area (Å²) in [6.45, 7) is 3.93. The number of nitrogens with two attached hydrogens (primary N) is 1. The minimum absolute atomic E-state index is 0.137. The Labute approximate surface area is 101 Å². The Balaban J connectivity index is 2.19. The zero-order valence-corrected chi connectivity index (χ0v) is 10.1. The van der Waals surface area contributed by atoms with E-state index in [-0.39, 0.29) is 12.1 Å². The van der Waals surface area contributed by atoms with Crippen molar-refractivity contribution >= 4 is 0 Å². The molecule has 0 aliphatic carbocycles. The van der Waals surface area contributed by atoms with Crippen LogP contribution in [0.3, 0.4) is 0 Å². The quantitative estimate of drug-likeness (QED) is 0.879. The molecule has 2 aromatic rings. The summed E-state index contributed by atoms with van der Waals surface area (Å²) in [6.07, 6.45) is 1.37. The minimum atomic E-state index is -0.258. The van der Waals surface area contributed by atoms with Crippen molar-refractivity contribution in [3.63, 3.8) is 0 Å². The van der Waals surface area contributed by atoms with Crippen LogP contribution in [0.5, 0.6) is 5.75 Å². The number of hydrogen-bond donors (Lipinski definition) is 1. The zero-order valence-electron chi connectivity index (χ0n) is 10.1. The molecule has 1 aromatic heterocycles. The van der Waals surface area contributed by atoms with Crippen LogP contribution < -0.4 is 10.5 Å². The van der Waals surface area contributed by atoms with E-state index in [1.54, 1.807) is 6.26 Å². The zero-order chi connectivity index (χ0) is 12.3. The maximum absolute atomic E-state index is 5.93. The molecule has 0 saturated carbocycles. The first kappa shape index (κ1) is 11.7. The number of aryl methyl sites for hydroxylation is 1. The van der Waals surface area contributed by atoms with Crippen molar-refractivity contribution in [3.05, 3.63) is 54.0 Å².